The number of rotatable bonds is 1. The SMILES string of the molecule is O=C1CC(=S)S/C1=C\c1ccc(O)cc1. The first-order valence-corrected chi connectivity index (χ1v) is 5.62. The molecule has 1 saturated heterocycles. The van der Waals surface area contributed by atoms with Crippen LogP contribution < -0.4 is 0 Å². The van der Waals surface area contributed by atoms with Gasteiger partial charge in [0.05, 0.1) is 15.5 Å². The Morgan fingerprint density at radius 2 is 2.00 bits per heavy atom. The average molecular weight is 236 g/mol. The second kappa shape index (κ2) is 4.16. The summed E-state index contributed by atoms with van der Waals surface area (Å²) < 4.78 is 0.727. The highest BCUT2D eigenvalue weighted by molar-refractivity contribution is 8.27. The van der Waals surface area contributed by atoms with Crippen LogP contribution in [0.4, 0.5) is 0 Å². The van der Waals surface area contributed by atoms with Gasteiger partial charge >= 0.3 is 0 Å². The highest BCUT2D eigenvalue weighted by Crippen LogP contribution is 2.31. The van der Waals surface area contributed by atoms with E-state index in [0.717, 1.165) is 9.76 Å². The number of phenols is 1. The third-order valence-corrected chi connectivity index (χ3v) is 3.33. The largest absolute Gasteiger partial charge is 0.508 e. The number of thioether (sulfide) groups is 1. The summed E-state index contributed by atoms with van der Waals surface area (Å²) in [6, 6.07) is 6.71. The van der Waals surface area contributed by atoms with E-state index in [9.17, 15) is 4.79 Å². The number of hydrogen-bond donors (Lipinski definition) is 1. The van der Waals surface area contributed by atoms with Gasteiger partial charge in [0.25, 0.3) is 0 Å². The van der Waals surface area contributed by atoms with Crippen LogP contribution in [0.2, 0.25) is 0 Å². The lowest BCUT2D eigenvalue weighted by molar-refractivity contribution is -0.113. The van der Waals surface area contributed by atoms with Gasteiger partial charge in [-0.2, -0.15) is 0 Å². The molecule has 1 fully saturated rings. The van der Waals surface area contributed by atoms with Gasteiger partial charge in [0.15, 0.2) is 5.78 Å². The molecule has 0 radical (unpaired) electrons. The van der Waals surface area contributed by atoms with Crippen molar-refractivity contribution in [2.75, 3.05) is 0 Å². The second-order valence-electron chi connectivity index (χ2n) is 3.17. The average Bonchev–Trinajstić information content (AvgIpc) is 2.49. The Bertz CT molecular complexity index is 446. The lowest BCUT2D eigenvalue weighted by Gasteiger charge is -1.96. The quantitative estimate of drug-likeness (QED) is 0.601. The van der Waals surface area contributed by atoms with Gasteiger partial charge in [0.2, 0.25) is 0 Å². The Kier molecular flexibility index (Phi) is 2.88. The fourth-order valence-corrected chi connectivity index (χ4v) is 2.50. The summed E-state index contributed by atoms with van der Waals surface area (Å²) in [5, 5.41) is 9.10. The molecule has 4 heteroatoms. The van der Waals surface area contributed by atoms with Crippen LogP contribution in [0.3, 0.4) is 0 Å². The maximum absolute atomic E-state index is 11.4. The summed E-state index contributed by atoms with van der Waals surface area (Å²) >= 11 is 6.32. The summed E-state index contributed by atoms with van der Waals surface area (Å²) in [6.45, 7) is 0. The van der Waals surface area contributed by atoms with Crippen LogP contribution >= 0.6 is 24.0 Å². The molecule has 1 N–H and O–H groups in total. The number of ketones is 1. The molecular formula is C11H8O2S2. The van der Waals surface area contributed by atoms with Crippen molar-refractivity contribution in [1.29, 1.82) is 0 Å². The number of phenolic OH excluding ortho intramolecular Hbond substituents is 1. The zero-order valence-corrected chi connectivity index (χ0v) is 9.40. The van der Waals surface area contributed by atoms with Crippen molar-refractivity contribution in [2.24, 2.45) is 0 Å². The lowest BCUT2D eigenvalue weighted by atomic mass is 10.2. The van der Waals surface area contributed by atoms with Gasteiger partial charge in [-0.25, -0.2) is 0 Å². The molecule has 0 aliphatic carbocycles. The maximum Gasteiger partial charge on any atom is 0.175 e. The minimum atomic E-state index is 0.0816. The fraction of sp³-hybridized carbons (Fsp3) is 0.0909. The van der Waals surface area contributed by atoms with E-state index in [0.29, 0.717) is 11.3 Å². The van der Waals surface area contributed by atoms with E-state index in [2.05, 4.69) is 0 Å². The molecule has 1 aliphatic rings. The topological polar surface area (TPSA) is 37.3 Å². The summed E-state index contributed by atoms with van der Waals surface area (Å²) in [5.74, 6) is 0.302. The van der Waals surface area contributed by atoms with E-state index in [4.69, 9.17) is 17.3 Å². The molecule has 1 aromatic rings. The predicted molar refractivity (Wildman–Crippen MR) is 65.9 cm³/mol. The van der Waals surface area contributed by atoms with Crippen LogP contribution in [0.15, 0.2) is 29.2 Å². The molecule has 0 saturated carbocycles. The van der Waals surface area contributed by atoms with Gasteiger partial charge in [-0.1, -0.05) is 36.1 Å². The molecular weight excluding hydrogens is 228 g/mol. The zero-order valence-electron chi connectivity index (χ0n) is 7.77. The molecule has 0 atom stereocenters. The zero-order chi connectivity index (χ0) is 10.8. The second-order valence-corrected chi connectivity index (χ2v) is 5.06. The minimum absolute atomic E-state index is 0.0816. The number of Topliss-reactive ketones (excluding diaryl/α,β-unsaturated/α-hetero) is 1. The smallest absolute Gasteiger partial charge is 0.175 e. The summed E-state index contributed by atoms with van der Waals surface area (Å²) in [5.41, 5.74) is 0.897. The molecule has 15 heavy (non-hydrogen) atoms. The minimum Gasteiger partial charge on any atom is -0.508 e. The van der Waals surface area contributed by atoms with Gasteiger partial charge in [-0.15, -0.1) is 0 Å². The molecule has 2 rings (SSSR count). The number of hydrogen-bond acceptors (Lipinski definition) is 4. The molecule has 1 aliphatic heterocycles. The Balaban J connectivity index is 2.27. The van der Waals surface area contributed by atoms with Gasteiger partial charge in [0.1, 0.15) is 5.75 Å². The molecule has 2 nitrogen and oxygen atoms in total. The Labute approximate surface area is 97.0 Å². The standard InChI is InChI=1S/C11H8O2S2/c12-8-3-1-7(2-4-8)5-10-9(13)6-11(14)15-10/h1-5,12H,6H2/b10-5-. The van der Waals surface area contributed by atoms with Crippen LogP contribution in [0.5, 0.6) is 5.75 Å². The number of carbonyl (C=O) groups excluding carboxylic acids is 1. The highest BCUT2D eigenvalue weighted by atomic mass is 32.2. The molecule has 0 aromatic heterocycles. The molecule has 0 amide bonds. The number of carbonyl (C=O) groups is 1. The van der Waals surface area contributed by atoms with E-state index in [1.54, 1.807) is 30.3 Å². The Morgan fingerprint density at radius 3 is 2.53 bits per heavy atom. The Morgan fingerprint density at radius 1 is 1.33 bits per heavy atom. The fourth-order valence-electron chi connectivity index (χ4n) is 1.27. The first-order valence-electron chi connectivity index (χ1n) is 4.40. The summed E-state index contributed by atoms with van der Waals surface area (Å²) in [6.07, 6.45) is 2.16. The maximum atomic E-state index is 11.4. The van der Waals surface area contributed by atoms with Crippen LogP contribution in [0.1, 0.15) is 12.0 Å². The molecule has 1 heterocycles. The third kappa shape index (κ3) is 2.46. The van der Waals surface area contributed by atoms with Gasteiger partial charge in [-0.3, -0.25) is 4.79 Å². The van der Waals surface area contributed by atoms with E-state index >= 15 is 0 Å². The van der Waals surface area contributed by atoms with Crippen LogP contribution in [-0.2, 0) is 4.79 Å². The van der Waals surface area contributed by atoms with Crippen molar-refractivity contribution in [3.05, 3.63) is 34.7 Å². The number of allylic oxidation sites excluding steroid dienone is 1. The van der Waals surface area contributed by atoms with Crippen LogP contribution in [0, 0.1) is 0 Å². The molecule has 1 aromatic carbocycles. The lowest BCUT2D eigenvalue weighted by Crippen LogP contribution is -1.90. The van der Waals surface area contributed by atoms with Gasteiger partial charge < -0.3 is 5.11 Å². The molecule has 0 bridgehead atoms. The van der Waals surface area contributed by atoms with Crippen molar-refractivity contribution in [3.63, 3.8) is 0 Å². The third-order valence-electron chi connectivity index (χ3n) is 1.99. The molecule has 0 unspecified atom stereocenters. The molecule has 76 valence electrons. The van der Waals surface area contributed by atoms with Gasteiger partial charge in [-0.05, 0) is 23.8 Å². The number of aromatic hydroxyl groups is 1. The van der Waals surface area contributed by atoms with Crippen molar-refractivity contribution in [1.82, 2.24) is 0 Å². The van der Waals surface area contributed by atoms with E-state index in [1.165, 1.54) is 11.8 Å². The monoisotopic (exact) mass is 236 g/mol. The van der Waals surface area contributed by atoms with Crippen molar-refractivity contribution in [3.8, 4) is 5.75 Å². The highest BCUT2D eigenvalue weighted by Gasteiger charge is 2.22. The normalized spacial score (nSPS) is 18.8. The van der Waals surface area contributed by atoms with Crippen molar-refractivity contribution >= 4 is 40.0 Å². The summed E-state index contributed by atoms with van der Waals surface area (Å²) in [4.78, 5) is 12.1. The van der Waals surface area contributed by atoms with Crippen molar-refractivity contribution < 1.29 is 9.90 Å². The number of thiocarbonyl (C=S) groups is 1. The van der Waals surface area contributed by atoms with Crippen molar-refractivity contribution in [2.45, 2.75) is 6.42 Å². The first kappa shape index (κ1) is 10.4. The molecule has 0 spiro atoms. The van der Waals surface area contributed by atoms with Crippen LogP contribution in [0.25, 0.3) is 6.08 Å². The van der Waals surface area contributed by atoms with Gasteiger partial charge in [0, 0.05) is 0 Å². The summed E-state index contributed by atoms with van der Waals surface area (Å²) in [7, 11) is 0. The van der Waals surface area contributed by atoms with E-state index in [-0.39, 0.29) is 11.5 Å². The number of benzene rings is 1. The van der Waals surface area contributed by atoms with E-state index in [1.807, 2.05) is 0 Å². The first-order chi connectivity index (χ1) is 7.15. The van der Waals surface area contributed by atoms with E-state index < -0.39 is 0 Å². The van der Waals surface area contributed by atoms with Crippen LogP contribution in [-0.4, -0.2) is 15.1 Å². The Hall–Kier alpha value is -1.13. The predicted octanol–water partition coefficient (Wildman–Crippen LogP) is 2.77.